The van der Waals surface area contributed by atoms with Crippen molar-refractivity contribution >= 4 is 23.1 Å². The Balaban J connectivity index is -0.00000000167. The van der Waals surface area contributed by atoms with Gasteiger partial charge in [-0.15, -0.1) is 0 Å². The molecule has 0 heterocycles. The molecule has 0 rings (SSSR count). The van der Waals surface area contributed by atoms with E-state index in [4.69, 9.17) is 3.80 Å². The molecule has 1 nitrogen and oxygen atoms in total. The Morgan fingerprint density at radius 2 is 1.00 bits per heavy atom. The van der Waals surface area contributed by atoms with Crippen molar-refractivity contribution < 1.29 is 29.4 Å². The Morgan fingerprint density at radius 3 is 1.00 bits per heavy atom. The molecule has 28 valence electrons. The first-order valence-electron chi connectivity index (χ1n) is 0.167. The van der Waals surface area contributed by atoms with Crippen molar-refractivity contribution in [2.75, 3.05) is 0 Å². The fourth-order valence-electron chi connectivity index (χ4n) is 0. The van der Waals surface area contributed by atoms with Crippen LogP contribution < -0.4 is 9.41 Å². The van der Waals surface area contributed by atoms with E-state index in [0.29, 0.717) is 0 Å². The zero-order valence-electron chi connectivity index (χ0n) is 2.28. The first-order chi connectivity index (χ1) is 1.00. The summed E-state index contributed by atoms with van der Waals surface area (Å²) in [5.74, 6) is 0. The number of hydrogen-bond donors (Lipinski definition) is 0. The number of rotatable bonds is 0. The van der Waals surface area contributed by atoms with Crippen LogP contribution in [-0.4, -0.2) is 23.1 Å². The SMILES string of the molecule is [F-].[F-].[Mg+2].[O]=[Cr]. The van der Waals surface area contributed by atoms with Crippen molar-refractivity contribution in [3.8, 4) is 0 Å². The van der Waals surface area contributed by atoms with E-state index < -0.39 is 0 Å². The summed E-state index contributed by atoms with van der Waals surface area (Å²) >= 11 is 1.38. The molecule has 0 radical (unpaired) electrons. The third kappa shape index (κ3) is 47.2. The van der Waals surface area contributed by atoms with Crippen molar-refractivity contribution in [1.29, 1.82) is 0 Å². The molecular weight excluding hydrogens is 130 g/mol. The summed E-state index contributed by atoms with van der Waals surface area (Å²) in [7, 11) is 0. The summed E-state index contributed by atoms with van der Waals surface area (Å²) in [4.78, 5) is 0. The molecular formula is CrF2MgO. The molecule has 0 aliphatic rings. The van der Waals surface area contributed by atoms with Gasteiger partial charge in [-0.25, -0.2) is 0 Å². The normalized spacial score (nSPS) is 0.800. The van der Waals surface area contributed by atoms with Gasteiger partial charge < -0.3 is 9.41 Å². The molecule has 0 atom stereocenters. The van der Waals surface area contributed by atoms with Crippen LogP contribution in [0.3, 0.4) is 0 Å². The van der Waals surface area contributed by atoms with Crippen LogP contribution in [0.25, 0.3) is 0 Å². The van der Waals surface area contributed by atoms with Gasteiger partial charge in [0.05, 0.1) is 0 Å². The monoisotopic (exact) mass is 130 g/mol. The fourth-order valence-corrected chi connectivity index (χ4v) is 0. The fraction of sp³-hybridized carbons (Fsp3) is 0. The second-order valence-electron chi connectivity index (χ2n) is 0. The van der Waals surface area contributed by atoms with E-state index in [1.54, 1.807) is 0 Å². The molecule has 0 saturated carbocycles. The van der Waals surface area contributed by atoms with Gasteiger partial charge in [-0.05, 0) is 0 Å². The Labute approximate surface area is 52.6 Å². The molecule has 0 unspecified atom stereocenters. The maximum atomic E-state index is 8.12. The minimum atomic E-state index is 0. The molecule has 0 aliphatic heterocycles. The van der Waals surface area contributed by atoms with Crippen molar-refractivity contribution in [2.24, 2.45) is 0 Å². The van der Waals surface area contributed by atoms with Gasteiger partial charge >= 0.3 is 43.1 Å². The Bertz CT molecular complexity index is 9.61. The quantitative estimate of drug-likeness (QED) is 0.298. The first-order valence-corrected chi connectivity index (χ1v) is 0.687. The third-order valence-electron chi connectivity index (χ3n) is 0. The van der Waals surface area contributed by atoms with Gasteiger partial charge in [0.15, 0.2) is 0 Å². The average molecular weight is 130 g/mol. The molecule has 0 N–H and O–H groups in total. The molecule has 5 heteroatoms. The molecule has 5 heavy (non-hydrogen) atoms. The topological polar surface area (TPSA) is 17.1 Å². The second kappa shape index (κ2) is 84.5. The van der Waals surface area contributed by atoms with Gasteiger partial charge in [0, 0.05) is 0 Å². The Hall–Kier alpha value is 0.959. The third-order valence-corrected chi connectivity index (χ3v) is 0. The van der Waals surface area contributed by atoms with Gasteiger partial charge in [-0.2, -0.15) is 0 Å². The van der Waals surface area contributed by atoms with Crippen LogP contribution in [0.15, 0.2) is 0 Å². The summed E-state index contributed by atoms with van der Waals surface area (Å²) < 4.78 is 8.12. The van der Waals surface area contributed by atoms with Crippen LogP contribution in [0.4, 0.5) is 0 Å². The van der Waals surface area contributed by atoms with Crippen molar-refractivity contribution in [3.05, 3.63) is 0 Å². The molecule has 0 aromatic rings. The van der Waals surface area contributed by atoms with E-state index in [0.717, 1.165) is 0 Å². The van der Waals surface area contributed by atoms with Crippen LogP contribution in [0, 0.1) is 0 Å². The maximum absolute atomic E-state index is 8.12. The van der Waals surface area contributed by atoms with E-state index in [1.165, 1.54) is 16.2 Å². The standard InChI is InChI=1S/Cr.2FH.Mg.O/h;2*1H;;/q;;;+2;/p-2. The molecule has 0 bridgehead atoms. The molecule has 0 aromatic heterocycles. The van der Waals surface area contributed by atoms with E-state index in [9.17, 15) is 0 Å². The van der Waals surface area contributed by atoms with Crippen LogP contribution >= 0.6 is 0 Å². The number of halogens is 2. The van der Waals surface area contributed by atoms with Gasteiger partial charge in [-0.3, -0.25) is 0 Å². The summed E-state index contributed by atoms with van der Waals surface area (Å²) in [6, 6.07) is 0. The van der Waals surface area contributed by atoms with Gasteiger partial charge in [0.25, 0.3) is 0 Å². The summed E-state index contributed by atoms with van der Waals surface area (Å²) in [5.41, 5.74) is 0. The van der Waals surface area contributed by atoms with Crippen LogP contribution in [0.1, 0.15) is 0 Å². The van der Waals surface area contributed by atoms with Crippen LogP contribution in [0.2, 0.25) is 0 Å². The van der Waals surface area contributed by atoms with Crippen molar-refractivity contribution in [2.45, 2.75) is 0 Å². The summed E-state index contributed by atoms with van der Waals surface area (Å²) in [6.07, 6.45) is 0. The zero-order valence-corrected chi connectivity index (χ0v) is 4.97. The van der Waals surface area contributed by atoms with E-state index in [2.05, 4.69) is 0 Å². The van der Waals surface area contributed by atoms with E-state index >= 15 is 0 Å². The molecule has 0 amide bonds. The second-order valence-corrected chi connectivity index (χ2v) is 0. The van der Waals surface area contributed by atoms with Gasteiger partial charge in [0.2, 0.25) is 0 Å². The van der Waals surface area contributed by atoms with Crippen LogP contribution in [-0.2, 0) is 20.0 Å². The molecule has 0 aliphatic carbocycles. The van der Waals surface area contributed by atoms with Crippen LogP contribution in [0.5, 0.6) is 0 Å². The summed E-state index contributed by atoms with van der Waals surface area (Å²) in [5, 5.41) is 0. The molecule has 0 aromatic carbocycles. The van der Waals surface area contributed by atoms with Gasteiger partial charge in [0.1, 0.15) is 0 Å². The summed E-state index contributed by atoms with van der Waals surface area (Å²) in [6.45, 7) is 0. The molecule has 0 fully saturated rings. The molecule has 0 spiro atoms. The molecule has 0 saturated heterocycles. The average Bonchev–Trinajstić information content (AvgIpc) is 1.00. The zero-order chi connectivity index (χ0) is 2.00. The first kappa shape index (κ1) is 38.2. The predicted octanol–water partition coefficient (Wildman–Crippen LogP) is -6.49. The minimum absolute atomic E-state index is 0. The van der Waals surface area contributed by atoms with Gasteiger partial charge in [-0.1, -0.05) is 0 Å². The van der Waals surface area contributed by atoms with Crippen molar-refractivity contribution in [3.63, 3.8) is 0 Å². The van der Waals surface area contributed by atoms with E-state index in [1.807, 2.05) is 0 Å². The Morgan fingerprint density at radius 1 is 1.00 bits per heavy atom. The van der Waals surface area contributed by atoms with E-state index in [-0.39, 0.29) is 32.5 Å². The van der Waals surface area contributed by atoms with Crippen molar-refractivity contribution in [1.82, 2.24) is 0 Å². The number of hydrogen-bond acceptors (Lipinski definition) is 1. The predicted molar refractivity (Wildman–Crippen MR) is 6.44 cm³/mol. The Kier molecular flexibility index (Phi) is 646.